The molecule has 2 aromatic rings. The lowest BCUT2D eigenvalue weighted by molar-refractivity contribution is -0.139. The van der Waals surface area contributed by atoms with Crippen LogP contribution in [-0.2, 0) is 16.6 Å². The zero-order valence-corrected chi connectivity index (χ0v) is 13.6. The van der Waals surface area contributed by atoms with Crippen LogP contribution in [0.25, 0.3) is 0 Å². The Balaban J connectivity index is 1.86. The van der Waals surface area contributed by atoms with Gasteiger partial charge in [0, 0.05) is 5.41 Å². The maximum absolute atomic E-state index is 13.6. The number of nitrogens with zero attached hydrogens (tertiary/aromatic N) is 2. The first-order valence-electron chi connectivity index (χ1n) is 7.90. The Morgan fingerprint density at radius 1 is 1.50 bits per heavy atom. The number of halogens is 1. The van der Waals surface area contributed by atoms with Crippen LogP contribution in [-0.4, -0.2) is 27.7 Å². The number of hydrogen-bond acceptors (Lipinski definition) is 4. The smallest absolute Gasteiger partial charge is 0.307 e. The second-order valence-electron chi connectivity index (χ2n) is 6.13. The maximum atomic E-state index is 13.6. The molecular formula is C18H19FN2O3. The summed E-state index contributed by atoms with van der Waals surface area (Å²) in [6.45, 7) is 3.93. The van der Waals surface area contributed by atoms with Gasteiger partial charge in [0.2, 0.25) is 0 Å². The highest BCUT2D eigenvalue weighted by Gasteiger charge is 2.60. The van der Waals surface area contributed by atoms with Crippen LogP contribution in [0.2, 0.25) is 0 Å². The molecule has 0 radical (unpaired) electrons. The van der Waals surface area contributed by atoms with Crippen LogP contribution < -0.4 is 4.74 Å². The Hall–Kier alpha value is -2.50. The van der Waals surface area contributed by atoms with Gasteiger partial charge in [-0.1, -0.05) is 19.1 Å². The minimum Gasteiger partial charge on any atom is -0.489 e. The number of carboxylic acid groups (broad SMARTS) is 1. The molecule has 6 heteroatoms. The van der Waals surface area contributed by atoms with Gasteiger partial charge in [0.1, 0.15) is 11.6 Å². The molecule has 1 fully saturated rings. The van der Waals surface area contributed by atoms with Crippen molar-refractivity contribution in [3.63, 3.8) is 0 Å². The van der Waals surface area contributed by atoms with E-state index in [-0.39, 0.29) is 12.4 Å². The lowest BCUT2D eigenvalue weighted by Crippen LogP contribution is -2.24. The van der Waals surface area contributed by atoms with Crippen molar-refractivity contribution in [2.24, 2.45) is 5.92 Å². The van der Waals surface area contributed by atoms with Gasteiger partial charge in [-0.05, 0) is 37.5 Å². The van der Waals surface area contributed by atoms with Gasteiger partial charge in [-0.25, -0.2) is 14.4 Å². The number of aromatic nitrogens is 2. The van der Waals surface area contributed by atoms with Crippen LogP contribution in [0.3, 0.4) is 0 Å². The Morgan fingerprint density at radius 3 is 2.92 bits per heavy atom. The molecule has 24 heavy (non-hydrogen) atoms. The molecule has 0 amide bonds. The fourth-order valence-corrected chi connectivity index (χ4v) is 3.08. The minimum absolute atomic E-state index is 0.160. The molecule has 1 N–H and O–H groups in total. The van der Waals surface area contributed by atoms with Gasteiger partial charge in [-0.15, -0.1) is 0 Å². The average Bonchev–Trinajstić information content (AvgIpc) is 3.30. The molecule has 1 aromatic heterocycles. The summed E-state index contributed by atoms with van der Waals surface area (Å²) in [5.41, 5.74) is 0.731. The first kappa shape index (κ1) is 16.4. The summed E-state index contributed by atoms with van der Waals surface area (Å²) in [5, 5.41) is 9.38. The third-order valence-electron chi connectivity index (χ3n) is 4.54. The first-order valence-corrected chi connectivity index (χ1v) is 7.90. The lowest BCUT2D eigenvalue weighted by Gasteiger charge is -2.19. The molecule has 126 valence electrons. The third kappa shape index (κ3) is 2.96. The van der Waals surface area contributed by atoms with Crippen molar-refractivity contribution >= 4 is 5.97 Å². The van der Waals surface area contributed by atoms with Crippen LogP contribution >= 0.6 is 0 Å². The van der Waals surface area contributed by atoms with E-state index in [0.29, 0.717) is 30.0 Å². The molecule has 1 heterocycles. The summed E-state index contributed by atoms with van der Waals surface area (Å²) in [6.07, 6.45) is 2.73. The highest BCUT2D eigenvalue weighted by molar-refractivity contribution is 5.77. The van der Waals surface area contributed by atoms with Crippen molar-refractivity contribution < 1.29 is 19.0 Å². The van der Waals surface area contributed by atoms with Crippen molar-refractivity contribution in [1.29, 1.82) is 0 Å². The Labute approximate surface area is 139 Å². The molecule has 3 rings (SSSR count). The van der Waals surface area contributed by atoms with Gasteiger partial charge in [-0.2, -0.15) is 0 Å². The van der Waals surface area contributed by atoms with Gasteiger partial charge >= 0.3 is 5.97 Å². The van der Waals surface area contributed by atoms with E-state index in [1.165, 1.54) is 12.1 Å². The molecule has 0 saturated heterocycles. The van der Waals surface area contributed by atoms with E-state index in [1.807, 2.05) is 6.92 Å². The normalized spacial score (nSPS) is 22.2. The Morgan fingerprint density at radius 2 is 2.29 bits per heavy atom. The number of hydrogen-bond donors (Lipinski definition) is 1. The maximum Gasteiger partial charge on any atom is 0.307 e. The summed E-state index contributed by atoms with van der Waals surface area (Å²) >= 11 is 0. The second-order valence-corrected chi connectivity index (χ2v) is 6.13. The van der Waals surface area contributed by atoms with Crippen LogP contribution in [0.1, 0.15) is 30.4 Å². The van der Waals surface area contributed by atoms with Gasteiger partial charge in [0.05, 0.1) is 24.4 Å². The number of carbonyl (C=O) groups is 1. The molecule has 1 aliphatic rings. The van der Waals surface area contributed by atoms with E-state index in [0.717, 1.165) is 5.69 Å². The minimum atomic E-state index is -0.890. The van der Waals surface area contributed by atoms with Crippen molar-refractivity contribution in [3.8, 4) is 5.75 Å². The fraction of sp³-hybridized carbons (Fsp3) is 0.389. The van der Waals surface area contributed by atoms with Crippen molar-refractivity contribution in [3.05, 3.63) is 53.4 Å². The van der Waals surface area contributed by atoms with Crippen molar-refractivity contribution in [1.82, 2.24) is 9.97 Å². The molecule has 2 atom stereocenters. The van der Waals surface area contributed by atoms with Crippen LogP contribution in [0.5, 0.6) is 5.75 Å². The zero-order valence-electron chi connectivity index (χ0n) is 13.6. The zero-order chi connectivity index (χ0) is 17.3. The fourth-order valence-electron chi connectivity index (χ4n) is 3.08. The molecule has 0 bridgehead atoms. The SMILES string of the molecule is CCc1nc(C)ncc1OC[C@@]1(c2cccc(F)c2)C[C@H]1C(=O)O. The molecule has 0 spiro atoms. The number of aryl methyl sites for hydroxylation is 2. The van der Waals surface area contributed by atoms with Gasteiger partial charge in [0.25, 0.3) is 0 Å². The van der Waals surface area contributed by atoms with Gasteiger partial charge in [0.15, 0.2) is 5.75 Å². The monoisotopic (exact) mass is 330 g/mol. The van der Waals surface area contributed by atoms with Gasteiger partial charge in [-0.3, -0.25) is 4.79 Å². The first-order chi connectivity index (χ1) is 11.5. The summed E-state index contributed by atoms with van der Waals surface area (Å²) in [7, 11) is 0. The predicted octanol–water partition coefficient (Wildman–Crippen LogP) is 2.91. The highest BCUT2D eigenvalue weighted by atomic mass is 19.1. The van der Waals surface area contributed by atoms with E-state index < -0.39 is 17.3 Å². The summed E-state index contributed by atoms with van der Waals surface area (Å²) in [5.74, 6) is -0.630. The molecule has 0 unspecified atom stereocenters. The summed E-state index contributed by atoms with van der Waals surface area (Å²) < 4.78 is 19.4. The van der Waals surface area contributed by atoms with E-state index in [2.05, 4.69) is 9.97 Å². The molecule has 1 saturated carbocycles. The third-order valence-corrected chi connectivity index (χ3v) is 4.54. The number of carboxylic acids is 1. The van der Waals surface area contributed by atoms with Crippen molar-refractivity contribution in [2.75, 3.05) is 6.61 Å². The van der Waals surface area contributed by atoms with E-state index in [4.69, 9.17) is 4.74 Å². The highest BCUT2D eigenvalue weighted by Crippen LogP contribution is 2.54. The summed E-state index contributed by atoms with van der Waals surface area (Å²) in [6, 6.07) is 6.08. The van der Waals surface area contributed by atoms with Crippen LogP contribution in [0, 0.1) is 18.7 Å². The molecule has 1 aliphatic carbocycles. The molecule has 0 aliphatic heterocycles. The average molecular weight is 330 g/mol. The predicted molar refractivity (Wildman–Crippen MR) is 85.5 cm³/mol. The van der Waals surface area contributed by atoms with Crippen molar-refractivity contribution in [2.45, 2.75) is 32.1 Å². The second kappa shape index (κ2) is 6.19. The number of aliphatic carboxylic acids is 1. The number of ether oxygens (including phenoxy) is 1. The standard InChI is InChI=1S/C18H19FN2O3/c1-3-15-16(9-20-11(2)21-15)24-10-18(8-14(18)17(22)23)12-5-4-6-13(19)7-12/h4-7,9,14H,3,8,10H2,1-2H3,(H,22,23)/t14-,18+/m0/s1. The van der Waals surface area contributed by atoms with Crippen LogP contribution in [0.4, 0.5) is 4.39 Å². The number of rotatable bonds is 6. The summed E-state index contributed by atoms with van der Waals surface area (Å²) in [4.78, 5) is 19.9. The largest absolute Gasteiger partial charge is 0.489 e. The lowest BCUT2D eigenvalue weighted by atomic mass is 9.94. The van der Waals surface area contributed by atoms with E-state index >= 15 is 0 Å². The molecule has 5 nitrogen and oxygen atoms in total. The molecular weight excluding hydrogens is 311 g/mol. The Kier molecular flexibility index (Phi) is 4.22. The van der Waals surface area contributed by atoms with Crippen LogP contribution in [0.15, 0.2) is 30.5 Å². The van der Waals surface area contributed by atoms with E-state index in [9.17, 15) is 14.3 Å². The van der Waals surface area contributed by atoms with E-state index in [1.54, 1.807) is 25.3 Å². The molecule has 1 aromatic carbocycles. The van der Waals surface area contributed by atoms with Gasteiger partial charge < -0.3 is 9.84 Å². The quantitative estimate of drug-likeness (QED) is 0.882. The topological polar surface area (TPSA) is 72.3 Å². The number of benzene rings is 1. The Bertz CT molecular complexity index is 781.